The molecule has 0 aliphatic rings. The van der Waals surface area contributed by atoms with Crippen molar-refractivity contribution < 1.29 is 9.53 Å². The molecule has 25 heavy (non-hydrogen) atoms. The average molecular weight is 357 g/mol. The van der Waals surface area contributed by atoms with Crippen molar-refractivity contribution in [3.05, 3.63) is 70.8 Å². The van der Waals surface area contributed by atoms with E-state index in [1.807, 2.05) is 55.5 Å². The number of aryl methyl sites for hydroxylation is 1. The van der Waals surface area contributed by atoms with E-state index in [0.29, 0.717) is 24.5 Å². The van der Waals surface area contributed by atoms with Gasteiger partial charge in [0.2, 0.25) is 5.91 Å². The lowest BCUT2D eigenvalue weighted by Gasteiger charge is -2.08. The van der Waals surface area contributed by atoms with Crippen LogP contribution in [0.4, 0.5) is 0 Å². The number of carbonyl (C=O) groups is 1. The van der Waals surface area contributed by atoms with Crippen LogP contribution in [0, 0.1) is 6.92 Å². The fourth-order valence-electron chi connectivity index (χ4n) is 2.12. The van der Waals surface area contributed by atoms with Crippen LogP contribution in [0.5, 0.6) is 5.75 Å². The van der Waals surface area contributed by atoms with Crippen LogP contribution in [0.1, 0.15) is 24.0 Å². The molecule has 2 aromatic carbocycles. The largest absolute Gasteiger partial charge is 0.493 e. The lowest BCUT2D eigenvalue weighted by atomic mass is 10.2. The third-order valence-corrected chi connectivity index (χ3v) is 3.62. The number of nitrogens with one attached hydrogen (secondary N) is 1. The van der Waals surface area contributed by atoms with Gasteiger partial charge in [0.1, 0.15) is 5.75 Å². The fourth-order valence-corrected chi connectivity index (χ4v) is 2.34. The predicted octanol–water partition coefficient (Wildman–Crippen LogP) is 4.62. The maximum absolute atomic E-state index is 11.7. The average Bonchev–Trinajstić information content (AvgIpc) is 2.61. The molecular formula is C20H21ClN2O2. The SMILES string of the molecule is Cc1cc(Cl)ccc1OCCCC(=O)N/N=C/C=C/c1ccccc1. The lowest BCUT2D eigenvalue weighted by Crippen LogP contribution is -2.17. The molecule has 0 heterocycles. The normalized spacial score (nSPS) is 11.1. The smallest absolute Gasteiger partial charge is 0.240 e. The summed E-state index contributed by atoms with van der Waals surface area (Å²) in [5.74, 6) is 0.648. The Morgan fingerprint density at radius 2 is 2.04 bits per heavy atom. The second kappa shape index (κ2) is 10.3. The van der Waals surface area contributed by atoms with Gasteiger partial charge in [-0.1, -0.05) is 48.0 Å². The van der Waals surface area contributed by atoms with Gasteiger partial charge in [-0.2, -0.15) is 5.10 Å². The first kappa shape index (κ1) is 18.7. The minimum atomic E-state index is -0.138. The van der Waals surface area contributed by atoms with Gasteiger partial charge in [-0.3, -0.25) is 4.79 Å². The summed E-state index contributed by atoms with van der Waals surface area (Å²) in [7, 11) is 0. The number of allylic oxidation sites excluding steroid dienone is 1. The first-order chi connectivity index (χ1) is 12.1. The molecule has 0 radical (unpaired) electrons. The molecule has 4 nitrogen and oxygen atoms in total. The van der Waals surface area contributed by atoms with Gasteiger partial charge >= 0.3 is 0 Å². The standard InChI is InChI=1S/C20H21ClN2O2/c1-16-15-18(21)11-12-19(16)25-14-6-10-20(24)23-22-13-5-9-17-7-3-2-4-8-17/h2-5,7-9,11-13,15H,6,10,14H2,1H3,(H,23,24)/b9-5+,22-13+. The molecule has 2 rings (SSSR count). The molecule has 2 aromatic rings. The summed E-state index contributed by atoms with van der Waals surface area (Å²) in [6, 6.07) is 15.3. The zero-order valence-electron chi connectivity index (χ0n) is 14.1. The van der Waals surface area contributed by atoms with Crippen molar-refractivity contribution in [1.29, 1.82) is 0 Å². The molecule has 0 spiro atoms. The molecule has 0 aliphatic carbocycles. The number of nitrogens with zero attached hydrogens (tertiary/aromatic N) is 1. The number of hydrazone groups is 1. The third kappa shape index (κ3) is 7.23. The summed E-state index contributed by atoms with van der Waals surface area (Å²) in [5, 5.41) is 4.56. The zero-order valence-corrected chi connectivity index (χ0v) is 14.9. The molecule has 0 aromatic heterocycles. The van der Waals surface area contributed by atoms with Crippen molar-refractivity contribution in [3.63, 3.8) is 0 Å². The van der Waals surface area contributed by atoms with E-state index in [0.717, 1.165) is 16.9 Å². The summed E-state index contributed by atoms with van der Waals surface area (Å²) in [6.45, 7) is 2.40. The van der Waals surface area contributed by atoms with Crippen LogP contribution >= 0.6 is 11.6 Å². The number of hydrogen-bond acceptors (Lipinski definition) is 3. The summed E-state index contributed by atoms with van der Waals surface area (Å²) in [5.41, 5.74) is 4.55. The van der Waals surface area contributed by atoms with Crippen LogP contribution < -0.4 is 10.2 Å². The molecule has 130 valence electrons. The Labute approximate surface area is 153 Å². The Bertz CT molecular complexity index is 743. The van der Waals surface area contributed by atoms with Gasteiger partial charge in [0, 0.05) is 17.7 Å². The second-order valence-corrected chi connectivity index (χ2v) is 5.88. The highest BCUT2D eigenvalue weighted by Gasteiger charge is 2.02. The van der Waals surface area contributed by atoms with Crippen LogP contribution in [0.15, 0.2) is 59.7 Å². The Morgan fingerprint density at radius 3 is 2.80 bits per heavy atom. The van der Waals surface area contributed by atoms with E-state index in [4.69, 9.17) is 16.3 Å². The fraction of sp³-hybridized carbons (Fsp3) is 0.200. The van der Waals surface area contributed by atoms with Crippen LogP contribution in [0.3, 0.4) is 0 Å². The number of amides is 1. The number of carbonyl (C=O) groups excluding carboxylic acids is 1. The highest BCUT2D eigenvalue weighted by Crippen LogP contribution is 2.21. The lowest BCUT2D eigenvalue weighted by molar-refractivity contribution is -0.121. The van der Waals surface area contributed by atoms with Gasteiger partial charge in [-0.05, 0) is 48.7 Å². The quantitative estimate of drug-likeness (QED) is 0.426. The number of rotatable bonds is 8. The summed E-state index contributed by atoms with van der Waals surface area (Å²) < 4.78 is 5.65. The molecule has 0 aliphatic heterocycles. The maximum atomic E-state index is 11.7. The van der Waals surface area contributed by atoms with Crippen molar-refractivity contribution in [3.8, 4) is 5.75 Å². The molecule has 0 saturated carbocycles. The van der Waals surface area contributed by atoms with Gasteiger partial charge in [0.15, 0.2) is 0 Å². The molecule has 0 atom stereocenters. The molecule has 0 saturated heterocycles. The van der Waals surface area contributed by atoms with Crippen molar-refractivity contribution in [2.24, 2.45) is 5.10 Å². The predicted molar refractivity (Wildman–Crippen MR) is 103 cm³/mol. The molecule has 0 fully saturated rings. The van der Waals surface area contributed by atoms with Gasteiger partial charge < -0.3 is 4.74 Å². The van der Waals surface area contributed by atoms with Crippen LogP contribution in [-0.2, 0) is 4.79 Å². The maximum Gasteiger partial charge on any atom is 0.240 e. The third-order valence-electron chi connectivity index (χ3n) is 3.38. The van der Waals surface area contributed by atoms with Gasteiger partial charge in [0.05, 0.1) is 6.61 Å². The Kier molecular flexibility index (Phi) is 7.73. The van der Waals surface area contributed by atoms with Crippen LogP contribution in [-0.4, -0.2) is 18.7 Å². The topological polar surface area (TPSA) is 50.7 Å². The molecule has 1 amide bonds. The highest BCUT2D eigenvalue weighted by molar-refractivity contribution is 6.30. The molecule has 1 N–H and O–H groups in total. The van der Waals surface area contributed by atoms with Crippen LogP contribution in [0.25, 0.3) is 6.08 Å². The second-order valence-electron chi connectivity index (χ2n) is 5.44. The minimum Gasteiger partial charge on any atom is -0.493 e. The molecular weight excluding hydrogens is 336 g/mol. The van der Waals surface area contributed by atoms with E-state index in [-0.39, 0.29) is 5.91 Å². The van der Waals surface area contributed by atoms with Gasteiger partial charge in [-0.25, -0.2) is 5.43 Å². The summed E-state index contributed by atoms with van der Waals surface area (Å²) in [4.78, 5) is 11.7. The van der Waals surface area contributed by atoms with E-state index in [2.05, 4.69) is 10.5 Å². The number of benzene rings is 2. The van der Waals surface area contributed by atoms with E-state index < -0.39 is 0 Å². The monoisotopic (exact) mass is 356 g/mol. The van der Waals surface area contributed by atoms with E-state index in [1.165, 1.54) is 0 Å². The molecule has 5 heteroatoms. The van der Waals surface area contributed by atoms with Gasteiger partial charge in [-0.15, -0.1) is 0 Å². The first-order valence-electron chi connectivity index (χ1n) is 8.08. The minimum absolute atomic E-state index is 0.138. The Morgan fingerprint density at radius 1 is 1.24 bits per heavy atom. The van der Waals surface area contributed by atoms with Crippen LogP contribution in [0.2, 0.25) is 5.02 Å². The number of halogens is 1. The number of ether oxygens (including phenoxy) is 1. The Balaban J connectivity index is 1.62. The molecule has 0 unspecified atom stereocenters. The van der Waals surface area contributed by atoms with Gasteiger partial charge in [0.25, 0.3) is 0 Å². The molecule has 0 bridgehead atoms. The van der Waals surface area contributed by atoms with Crippen molar-refractivity contribution >= 4 is 29.8 Å². The van der Waals surface area contributed by atoms with Crippen molar-refractivity contribution in [1.82, 2.24) is 5.43 Å². The summed E-state index contributed by atoms with van der Waals surface area (Å²) in [6.07, 6.45) is 6.22. The van der Waals surface area contributed by atoms with E-state index >= 15 is 0 Å². The number of hydrogen-bond donors (Lipinski definition) is 1. The van der Waals surface area contributed by atoms with Crippen molar-refractivity contribution in [2.75, 3.05) is 6.61 Å². The van der Waals surface area contributed by atoms with E-state index in [9.17, 15) is 4.79 Å². The first-order valence-corrected chi connectivity index (χ1v) is 8.45. The highest BCUT2D eigenvalue weighted by atomic mass is 35.5. The zero-order chi connectivity index (χ0) is 17.9. The summed E-state index contributed by atoms with van der Waals surface area (Å²) >= 11 is 5.90. The van der Waals surface area contributed by atoms with E-state index in [1.54, 1.807) is 18.4 Å². The van der Waals surface area contributed by atoms with Crippen molar-refractivity contribution in [2.45, 2.75) is 19.8 Å². The Hall–Kier alpha value is -2.59.